The number of anilines is 1. The van der Waals surface area contributed by atoms with E-state index in [9.17, 15) is 14.3 Å². The molecule has 8 heteroatoms. The third kappa shape index (κ3) is 4.46. The first-order valence-corrected chi connectivity index (χ1v) is 8.49. The third-order valence-electron chi connectivity index (χ3n) is 4.44. The van der Waals surface area contributed by atoms with Gasteiger partial charge >= 0.3 is 0 Å². The lowest BCUT2D eigenvalue weighted by Gasteiger charge is -2.41. The second-order valence-corrected chi connectivity index (χ2v) is 6.62. The fourth-order valence-electron chi connectivity index (χ4n) is 3.20. The molecule has 26 heavy (non-hydrogen) atoms. The number of amides is 1. The van der Waals surface area contributed by atoms with Gasteiger partial charge in [-0.3, -0.25) is 14.4 Å². The molecule has 1 aromatic carbocycles. The number of aryl methyl sites for hydroxylation is 1. The van der Waals surface area contributed by atoms with Crippen LogP contribution in [0.4, 0.5) is 10.1 Å². The van der Waals surface area contributed by atoms with Crippen LogP contribution in [-0.4, -0.2) is 64.1 Å². The molecule has 0 spiro atoms. The molecule has 140 valence electrons. The predicted octanol–water partition coefficient (Wildman–Crippen LogP) is 0.804. The summed E-state index contributed by atoms with van der Waals surface area (Å²) in [7, 11) is 1.77. The Morgan fingerprint density at radius 1 is 1.46 bits per heavy atom. The van der Waals surface area contributed by atoms with Crippen molar-refractivity contribution in [2.24, 2.45) is 7.05 Å². The fourth-order valence-corrected chi connectivity index (χ4v) is 3.20. The Labute approximate surface area is 151 Å². The number of carbonyl (C=O) groups excluding carboxylic acids is 1. The number of hydrogen-bond acceptors (Lipinski definition) is 5. The number of halogens is 1. The number of aliphatic hydroxyl groups is 1. The summed E-state index contributed by atoms with van der Waals surface area (Å²) in [4.78, 5) is 14.2. The SMILES string of the molecule is Cn1cc(NC(=O)CN2CCOC(CO)(Cc3ccccc3F)C2)cn1. The van der Waals surface area contributed by atoms with Crippen molar-refractivity contribution < 1.29 is 19.0 Å². The average molecular weight is 362 g/mol. The quantitative estimate of drug-likeness (QED) is 0.795. The van der Waals surface area contributed by atoms with E-state index in [4.69, 9.17) is 4.74 Å². The fraction of sp³-hybridized carbons (Fsp3) is 0.444. The Morgan fingerprint density at radius 3 is 2.96 bits per heavy atom. The zero-order valence-electron chi connectivity index (χ0n) is 14.7. The van der Waals surface area contributed by atoms with Crippen LogP contribution in [-0.2, 0) is 23.0 Å². The van der Waals surface area contributed by atoms with Gasteiger partial charge in [0.2, 0.25) is 5.91 Å². The molecule has 1 aromatic heterocycles. The summed E-state index contributed by atoms with van der Waals surface area (Å²) in [6, 6.07) is 6.46. The van der Waals surface area contributed by atoms with Crippen molar-refractivity contribution >= 4 is 11.6 Å². The minimum absolute atomic E-state index is 0.164. The average Bonchev–Trinajstić information content (AvgIpc) is 3.02. The smallest absolute Gasteiger partial charge is 0.238 e. The van der Waals surface area contributed by atoms with Crippen molar-refractivity contribution in [1.29, 1.82) is 0 Å². The van der Waals surface area contributed by atoms with E-state index in [1.54, 1.807) is 42.3 Å². The van der Waals surface area contributed by atoms with Gasteiger partial charge in [-0.05, 0) is 11.6 Å². The normalized spacial score (nSPS) is 20.9. The summed E-state index contributed by atoms with van der Waals surface area (Å²) in [5.41, 5.74) is 0.198. The highest BCUT2D eigenvalue weighted by Gasteiger charge is 2.37. The minimum Gasteiger partial charge on any atom is -0.393 e. The van der Waals surface area contributed by atoms with Gasteiger partial charge in [0.1, 0.15) is 11.4 Å². The standard InChI is InChI=1S/C18H23FN4O3/c1-22-10-15(9-20-22)21-17(25)11-23-6-7-26-18(12-23,13-24)8-14-4-2-3-5-16(14)19/h2-5,9-10,24H,6-8,11-13H2,1H3,(H,21,25). The lowest BCUT2D eigenvalue weighted by molar-refractivity contribution is -0.139. The number of hydrogen-bond donors (Lipinski definition) is 2. The second-order valence-electron chi connectivity index (χ2n) is 6.62. The van der Waals surface area contributed by atoms with E-state index in [1.807, 2.05) is 4.90 Å². The van der Waals surface area contributed by atoms with E-state index in [2.05, 4.69) is 10.4 Å². The van der Waals surface area contributed by atoms with Gasteiger partial charge in [-0.1, -0.05) is 18.2 Å². The van der Waals surface area contributed by atoms with Crippen molar-refractivity contribution in [2.75, 3.05) is 38.2 Å². The largest absolute Gasteiger partial charge is 0.393 e. The maximum Gasteiger partial charge on any atom is 0.238 e. The summed E-state index contributed by atoms with van der Waals surface area (Å²) in [5.74, 6) is -0.493. The molecule has 2 aromatic rings. The van der Waals surface area contributed by atoms with Gasteiger partial charge < -0.3 is 15.2 Å². The van der Waals surface area contributed by atoms with Crippen molar-refractivity contribution in [1.82, 2.24) is 14.7 Å². The summed E-state index contributed by atoms with van der Waals surface area (Å²) >= 11 is 0. The first-order valence-electron chi connectivity index (χ1n) is 8.49. The number of aromatic nitrogens is 2. The van der Waals surface area contributed by atoms with Gasteiger partial charge in [-0.25, -0.2) is 4.39 Å². The Morgan fingerprint density at radius 2 is 2.27 bits per heavy atom. The summed E-state index contributed by atoms with van der Waals surface area (Å²) in [6.07, 6.45) is 3.54. The Kier molecular flexibility index (Phi) is 5.65. The van der Waals surface area contributed by atoms with E-state index in [0.29, 0.717) is 30.9 Å². The highest BCUT2D eigenvalue weighted by Crippen LogP contribution is 2.24. The number of ether oxygens (including phenoxy) is 1. The molecule has 1 fully saturated rings. The number of aliphatic hydroxyl groups excluding tert-OH is 1. The molecule has 1 atom stereocenters. The molecule has 1 saturated heterocycles. The lowest BCUT2D eigenvalue weighted by atomic mass is 9.92. The van der Waals surface area contributed by atoms with E-state index < -0.39 is 5.60 Å². The zero-order chi connectivity index (χ0) is 18.6. The van der Waals surface area contributed by atoms with E-state index in [0.717, 1.165) is 0 Å². The van der Waals surface area contributed by atoms with Gasteiger partial charge in [0, 0.05) is 32.8 Å². The van der Waals surface area contributed by atoms with Crippen LogP contribution in [0.25, 0.3) is 0 Å². The van der Waals surface area contributed by atoms with Crippen LogP contribution in [0.2, 0.25) is 0 Å². The van der Waals surface area contributed by atoms with E-state index in [-0.39, 0.29) is 31.3 Å². The zero-order valence-corrected chi connectivity index (χ0v) is 14.7. The molecule has 1 unspecified atom stereocenters. The van der Waals surface area contributed by atoms with Gasteiger partial charge in [-0.15, -0.1) is 0 Å². The van der Waals surface area contributed by atoms with Crippen LogP contribution in [0.1, 0.15) is 5.56 Å². The van der Waals surface area contributed by atoms with Gasteiger partial charge in [0.25, 0.3) is 0 Å². The number of nitrogens with one attached hydrogen (secondary N) is 1. The predicted molar refractivity (Wildman–Crippen MR) is 94.2 cm³/mol. The van der Waals surface area contributed by atoms with Crippen LogP contribution in [0.3, 0.4) is 0 Å². The van der Waals surface area contributed by atoms with E-state index >= 15 is 0 Å². The topological polar surface area (TPSA) is 79.6 Å². The minimum atomic E-state index is -0.922. The van der Waals surface area contributed by atoms with Crippen molar-refractivity contribution in [2.45, 2.75) is 12.0 Å². The molecule has 3 rings (SSSR count). The third-order valence-corrected chi connectivity index (χ3v) is 4.44. The second kappa shape index (κ2) is 7.94. The number of nitrogens with zero attached hydrogens (tertiary/aromatic N) is 3. The number of carbonyl (C=O) groups is 1. The molecule has 0 radical (unpaired) electrons. The van der Waals surface area contributed by atoms with Crippen molar-refractivity contribution in [3.63, 3.8) is 0 Å². The highest BCUT2D eigenvalue weighted by molar-refractivity contribution is 5.91. The molecule has 7 nitrogen and oxygen atoms in total. The molecule has 1 amide bonds. The Balaban J connectivity index is 1.63. The van der Waals surface area contributed by atoms with Gasteiger partial charge in [0.15, 0.2) is 0 Å². The molecule has 0 saturated carbocycles. The molecular formula is C18H23FN4O3. The molecule has 1 aliphatic heterocycles. The van der Waals surface area contributed by atoms with Crippen molar-refractivity contribution in [3.8, 4) is 0 Å². The van der Waals surface area contributed by atoms with Crippen LogP contribution in [0, 0.1) is 5.82 Å². The van der Waals surface area contributed by atoms with Crippen LogP contribution in [0.15, 0.2) is 36.7 Å². The first-order chi connectivity index (χ1) is 12.5. The monoisotopic (exact) mass is 362 g/mol. The van der Waals surface area contributed by atoms with Crippen LogP contribution >= 0.6 is 0 Å². The first kappa shape index (κ1) is 18.5. The van der Waals surface area contributed by atoms with Gasteiger partial charge in [0.05, 0.1) is 31.6 Å². The maximum atomic E-state index is 14.0. The Hall–Kier alpha value is -2.29. The number of benzene rings is 1. The maximum absolute atomic E-state index is 14.0. The van der Waals surface area contributed by atoms with Crippen LogP contribution in [0.5, 0.6) is 0 Å². The highest BCUT2D eigenvalue weighted by atomic mass is 19.1. The molecule has 0 bridgehead atoms. The molecule has 2 heterocycles. The lowest BCUT2D eigenvalue weighted by Crippen LogP contribution is -2.56. The summed E-state index contributed by atoms with van der Waals surface area (Å²) in [5, 5.41) is 16.7. The van der Waals surface area contributed by atoms with Crippen molar-refractivity contribution in [3.05, 3.63) is 48.0 Å². The molecule has 1 aliphatic rings. The van der Waals surface area contributed by atoms with Crippen LogP contribution < -0.4 is 5.32 Å². The summed E-state index contributed by atoms with van der Waals surface area (Å²) in [6.45, 7) is 1.20. The number of rotatable bonds is 6. The Bertz CT molecular complexity index is 766. The van der Waals surface area contributed by atoms with E-state index in [1.165, 1.54) is 6.07 Å². The molecule has 0 aliphatic carbocycles. The molecule has 2 N–H and O–H groups in total. The van der Waals surface area contributed by atoms with Gasteiger partial charge in [-0.2, -0.15) is 5.10 Å². The number of morpholine rings is 1. The summed E-state index contributed by atoms with van der Waals surface area (Å²) < 4.78 is 21.4. The molecular weight excluding hydrogens is 339 g/mol.